The summed E-state index contributed by atoms with van der Waals surface area (Å²) in [6, 6.07) is 7.16. The Hall–Kier alpha value is -2.93. The minimum absolute atomic E-state index is 0.0601. The van der Waals surface area contributed by atoms with Gasteiger partial charge in [-0.3, -0.25) is 10.1 Å². The second kappa shape index (κ2) is 9.91. The van der Waals surface area contributed by atoms with E-state index in [0.717, 1.165) is 6.07 Å². The number of rotatable bonds is 9. The summed E-state index contributed by atoms with van der Waals surface area (Å²) in [6.07, 6.45) is -0.991. The lowest BCUT2D eigenvalue weighted by atomic mass is 9.94. The molecule has 0 radical (unpaired) electrons. The minimum Gasteiger partial charge on any atom is -0.496 e. The lowest BCUT2D eigenvalue weighted by Crippen LogP contribution is -2.35. The fourth-order valence-corrected chi connectivity index (χ4v) is 4.87. The number of benzene rings is 2. The molecule has 33 heavy (non-hydrogen) atoms. The van der Waals surface area contributed by atoms with Crippen LogP contribution in [0.15, 0.2) is 35.2 Å². The number of fused-ring (bicyclic) bond motifs is 1. The van der Waals surface area contributed by atoms with E-state index in [-0.39, 0.29) is 35.9 Å². The van der Waals surface area contributed by atoms with Crippen molar-refractivity contribution in [3.05, 3.63) is 51.6 Å². The van der Waals surface area contributed by atoms with E-state index >= 15 is 0 Å². The first-order chi connectivity index (χ1) is 15.6. The van der Waals surface area contributed by atoms with Crippen LogP contribution in [0.2, 0.25) is 0 Å². The molecule has 1 aliphatic rings. The molecule has 0 spiro atoms. The highest BCUT2D eigenvalue weighted by atomic mass is 32.2. The third-order valence-electron chi connectivity index (χ3n) is 5.44. The Morgan fingerprint density at radius 2 is 1.88 bits per heavy atom. The highest BCUT2D eigenvalue weighted by molar-refractivity contribution is 7.89. The number of hydrogen-bond acceptors (Lipinski definition) is 9. The molecule has 1 unspecified atom stereocenters. The summed E-state index contributed by atoms with van der Waals surface area (Å²) in [7, 11) is 2.69. The molecule has 2 aromatic carbocycles. The Labute approximate surface area is 192 Å². The molecule has 0 aliphatic carbocycles. The van der Waals surface area contributed by atoms with Crippen molar-refractivity contribution in [2.45, 2.75) is 17.5 Å². The summed E-state index contributed by atoms with van der Waals surface area (Å²) < 4.78 is 38.5. The molecule has 0 saturated carbocycles. The molecule has 11 nitrogen and oxygen atoms in total. The number of nitro benzene ring substituents is 1. The average Bonchev–Trinajstić information content (AvgIpc) is 2.77. The van der Waals surface area contributed by atoms with Crippen LogP contribution in [0.25, 0.3) is 0 Å². The van der Waals surface area contributed by atoms with Gasteiger partial charge in [0.25, 0.3) is 5.69 Å². The molecular weight excluding hydrogens is 452 g/mol. The molecule has 1 aliphatic heterocycles. The van der Waals surface area contributed by atoms with Crippen molar-refractivity contribution in [2.75, 3.05) is 52.8 Å². The van der Waals surface area contributed by atoms with E-state index in [1.165, 1.54) is 26.4 Å². The molecule has 2 N–H and O–H groups in total. The number of β-amino-alcohol motifs (C(OH)–C–C–N with tert-alkyl or cyclic N) is 1. The summed E-state index contributed by atoms with van der Waals surface area (Å²) in [6.45, 7) is 0.919. The Balaban J connectivity index is 1.98. The van der Waals surface area contributed by atoms with E-state index in [4.69, 9.17) is 9.47 Å². The lowest BCUT2D eigenvalue weighted by molar-refractivity contribution is -0.384. The highest BCUT2D eigenvalue weighted by Gasteiger charge is 2.33. The number of methoxy groups -OCH3 is 2. The van der Waals surface area contributed by atoms with Gasteiger partial charge in [0, 0.05) is 43.4 Å². The van der Waals surface area contributed by atoms with Crippen molar-refractivity contribution < 1.29 is 27.9 Å². The fourth-order valence-electron chi connectivity index (χ4n) is 3.83. The number of hydrogen-bond donors (Lipinski definition) is 2. The smallest absolute Gasteiger partial charge is 0.293 e. The number of nitro groups is 1. The highest BCUT2D eigenvalue weighted by Crippen LogP contribution is 2.42. The number of aliphatic hydroxyl groups excluding tert-OH is 1. The Kier molecular flexibility index (Phi) is 7.42. The fraction of sp³-hybridized carbons (Fsp3) is 0.429. The molecule has 2 aromatic rings. The zero-order valence-electron chi connectivity index (χ0n) is 18.9. The van der Waals surface area contributed by atoms with Crippen molar-refractivity contribution in [2.24, 2.45) is 0 Å². The van der Waals surface area contributed by atoms with Crippen LogP contribution in [0.3, 0.4) is 0 Å². The third-order valence-corrected chi connectivity index (χ3v) is 6.89. The number of aliphatic hydroxyl groups is 1. The molecule has 0 saturated heterocycles. The monoisotopic (exact) mass is 480 g/mol. The van der Waals surface area contributed by atoms with Crippen molar-refractivity contribution in [3.63, 3.8) is 0 Å². The van der Waals surface area contributed by atoms with Crippen LogP contribution in [-0.4, -0.2) is 71.3 Å². The molecule has 12 heteroatoms. The lowest BCUT2D eigenvalue weighted by Gasteiger charge is -2.35. The summed E-state index contributed by atoms with van der Waals surface area (Å²) in [5.74, 6) is 1.01. The Bertz CT molecular complexity index is 1140. The second-order valence-electron chi connectivity index (χ2n) is 7.87. The number of sulfonamides is 1. The molecule has 0 fully saturated rings. The van der Waals surface area contributed by atoms with Crippen molar-refractivity contribution >= 4 is 21.4 Å². The van der Waals surface area contributed by atoms with E-state index in [9.17, 15) is 23.6 Å². The van der Waals surface area contributed by atoms with Crippen molar-refractivity contribution in [3.8, 4) is 11.5 Å². The molecule has 180 valence electrons. The van der Waals surface area contributed by atoms with Gasteiger partial charge < -0.3 is 24.4 Å². The molecule has 1 atom stereocenters. The SMILES string of the molecule is COc1ccc(OC)c2c1CN(c1ccc(S(=O)(=O)NCCN(C)C)cc1[N+](=O)[O-])CC2O. The number of ether oxygens (including phenoxy) is 2. The van der Waals surface area contributed by atoms with Gasteiger partial charge >= 0.3 is 0 Å². The van der Waals surface area contributed by atoms with Crippen LogP contribution >= 0.6 is 0 Å². The molecular formula is C21H28N4O7S. The van der Waals surface area contributed by atoms with Gasteiger partial charge in [0.2, 0.25) is 10.0 Å². The summed E-state index contributed by atoms with van der Waals surface area (Å²) in [5.41, 5.74) is 1.04. The van der Waals surface area contributed by atoms with E-state index in [0.29, 0.717) is 29.2 Å². The van der Waals surface area contributed by atoms with Gasteiger partial charge in [-0.1, -0.05) is 0 Å². The molecule has 0 aromatic heterocycles. The van der Waals surface area contributed by atoms with Gasteiger partial charge in [-0.2, -0.15) is 0 Å². The Morgan fingerprint density at radius 3 is 2.48 bits per heavy atom. The molecule has 0 amide bonds. The van der Waals surface area contributed by atoms with Crippen molar-refractivity contribution in [1.29, 1.82) is 0 Å². The van der Waals surface area contributed by atoms with E-state index < -0.39 is 21.1 Å². The van der Waals surface area contributed by atoms with Gasteiger partial charge in [-0.25, -0.2) is 13.1 Å². The standard InChI is InChI=1S/C21H28N4O7S/c1-23(2)10-9-22-33(29,30)14-5-6-16(17(11-14)25(27)28)24-12-15-19(31-3)7-8-20(32-4)21(15)18(26)13-24/h5-8,11,18,22,26H,9-10,12-13H2,1-4H3. The van der Waals surface area contributed by atoms with Crippen molar-refractivity contribution in [1.82, 2.24) is 9.62 Å². The molecule has 3 rings (SSSR count). The zero-order valence-corrected chi connectivity index (χ0v) is 19.8. The largest absolute Gasteiger partial charge is 0.496 e. The van der Waals surface area contributed by atoms with Gasteiger partial charge in [0.05, 0.1) is 24.0 Å². The van der Waals surface area contributed by atoms with E-state index in [2.05, 4.69) is 4.72 Å². The van der Waals surface area contributed by atoms with Gasteiger partial charge in [0.1, 0.15) is 23.3 Å². The first-order valence-corrected chi connectivity index (χ1v) is 11.7. The van der Waals surface area contributed by atoms with Crippen LogP contribution in [0.1, 0.15) is 17.2 Å². The van der Waals surface area contributed by atoms with Crippen LogP contribution in [0.5, 0.6) is 11.5 Å². The maximum Gasteiger partial charge on any atom is 0.293 e. The number of nitrogens with zero attached hydrogens (tertiary/aromatic N) is 3. The first-order valence-electron chi connectivity index (χ1n) is 10.2. The summed E-state index contributed by atoms with van der Waals surface area (Å²) >= 11 is 0. The first kappa shape index (κ1) is 24.7. The number of likely N-dealkylation sites (N-methyl/N-ethyl adjacent to an activating group) is 1. The second-order valence-corrected chi connectivity index (χ2v) is 9.63. The van der Waals surface area contributed by atoms with Gasteiger partial charge in [-0.05, 0) is 38.4 Å². The molecule has 0 bridgehead atoms. The predicted octanol–water partition coefficient (Wildman–Crippen LogP) is 1.51. The topological polar surface area (TPSA) is 134 Å². The van der Waals surface area contributed by atoms with Crippen LogP contribution in [0, 0.1) is 10.1 Å². The zero-order chi connectivity index (χ0) is 24.3. The van der Waals surface area contributed by atoms with Crippen LogP contribution in [-0.2, 0) is 16.6 Å². The Morgan fingerprint density at radius 1 is 1.21 bits per heavy atom. The number of nitrogens with one attached hydrogen (secondary N) is 1. The molecule has 1 heterocycles. The maximum absolute atomic E-state index is 12.6. The van der Waals surface area contributed by atoms with Gasteiger partial charge in [-0.15, -0.1) is 0 Å². The van der Waals surface area contributed by atoms with Crippen LogP contribution < -0.4 is 19.1 Å². The minimum atomic E-state index is -3.92. The maximum atomic E-state index is 12.6. The number of anilines is 1. The summed E-state index contributed by atoms with van der Waals surface area (Å²) in [4.78, 5) is 14.5. The quantitative estimate of drug-likeness (QED) is 0.404. The van der Waals surface area contributed by atoms with E-state index in [1.807, 2.05) is 19.0 Å². The normalized spacial score (nSPS) is 15.9. The predicted molar refractivity (Wildman–Crippen MR) is 122 cm³/mol. The summed E-state index contributed by atoms with van der Waals surface area (Å²) in [5, 5.41) is 22.7. The average molecular weight is 481 g/mol. The third kappa shape index (κ3) is 5.19. The van der Waals surface area contributed by atoms with Gasteiger partial charge in [0.15, 0.2) is 0 Å². The van der Waals surface area contributed by atoms with E-state index in [1.54, 1.807) is 17.0 Å². The van der Waals surface area contributed by atoms with Crippen LogP contribution in [0.4, 0.5) is 11.4 Å².